The Morgan fingerprint density at radius 1 is 1.38 bits per heavy atom. The highest BCUT2D eigenvalue weighted by atomic mass is 32.2. The van der Waals surface area contributed by atoms with Gasteiger partial charge >= 0.3 is 5.97 Å². The number of carbonyl (C=O) groups excluding carboxylic acids is 2. The molecule has 0 aliphatic carbocycles. The van der Waals surface area contributed by atoms with Crippen molar-refractivity contribution in [2.24, 2.45) is 5.41 Å². The first-order valence-electron chi connectivity index (χ1n) is 4.71. The Labute approximate surface area is 100 Å². The average Bonchev–Trinajstić information content (AvgIpc) is 2.22. The molecule has 16 heavy (non-hydrogen) atoms. The summed E-state index contributed by atoms with van der Waals surface area (Å²) in [5, 5.41) is -0.279. The number of thioether (sulfide) groups is 1. The standard InChI is InChI=1S/C9H17O5PS/c1-9(2,7(10)13-3)8(11)16-6-5-14-15(4)12/h15H,5-6H2,1-4H3. The number of esters is 1. The molecule has 0 aromatic heterocycles. The number of carbonyl (C=O) groups is 2. The van der Waals surface area contributed by atoms with Gasteiger partial charge in [-0.25, -0.2) is 0 Å². The average molecular weight is 268 g/mol. The zero-order chi connectivity index (χ0) is 12.8. The van der Waals surface area contributed by atoms with E-state index in [0.717, 1.165) is 11.8 Å². The number of methoxy groups -OCH3 is 1. The smallest absolute Gasteiger partial charge is 0.319 e. The normalized spacial score (nSPS) is 13.2. The monoisotopic (exact) mass is 268 g/mol. The molecule has 0 amide bonds. The van der Waals surface area contributed by atoms with Gasteiger partial charge in [-0.05, 0) is 13.8 Å². The summed E-state index contributed by atoms with van der Waals surface area (Å²) >= 11 is 0.982. The van der Waals surface area contributed by atoms with Crippen molar-refractivity contribution in [2.75, 3.05) is 26.1 Å². The summed E-state index contributed by atoms with van der Waals surface area (Å²) in [6.45, 7) is 4.74. The Morgan fingerprint density at radius 2 is 1.94 bits per heavy atom. The van der Waals surface area contributed by atoms with Crippen LogP contribution in [0.1, 0.15) is 13.8 Å². The van der Waals surface area contributed by atoms with Crippen LogP contribution in [0.4, 0.5) is 0 Å². The van der Waals surface area contributed by atoms with Crippen LogP contribution in [0, 0.1) is 5.41 Å². The van der Waals surface area contributed by atoms with Gasteiger partial charge in [-0.3, -0.25) is 14.2 Å². The molecule has 0 saturated heterocycles. The van der Waals surface area contributed by atoms with Crippen molar-refractivity contribution in [2.45, 2.75) is 13.8 Å². The highest BCUT2D eigenvalue weighted by Gasteiger charge is 2.37. The van der Waals surface area contributed by atoms with Gasteiger partial charge < -0.3 is 9.26 Å². The zero-order valence-corrected chi connectivity index (χ0v) is 11.7. The summed E-state index contributed by atoms with van der Waals surface area (Å²) in [6.07, 6.45) is 0. The third kappa shape index (κ3) is 5.14. The van der Waals surface area contributed by atoms with Gasteiger partial charge in [0.05, 0.1) is 13.7 Å². The maximum absolute atomic E-state index is 11.6. The van der Waals surface area contributed by atoms with E-state index in [1.54, 1.807) is 0 Å². The van der Waals surface area contributed by atoms with E-state index >= 15 is 0 Å². The maximum atomic E-state index is 11.6. The molecule has 0 aromatic rings. The summed E-state index contributed by atoms with van der Waals surface area (Å²) < 4.78 is 20.0. The van der Waals surface area contributed by atoms with Crippen molar-refractivity contribution in [1.29, 1.82) is 0 Å². The van der Waals surface area contributed by atoms with Crippen molar-refractivity contribution in [3.8, 4) is 0 Å². The number of hydrogen-bond donors (Lipinski definition) is 0. The SMILES string of the molecule is COC(=O)C(C)(C)C(=O)SCCO[PH](C)=O. The lowest BCUT2D eigenvalue weighted by molar-refractivity contribution is -0.153. The molecule has 0 rings (SSSR count). The summed E-state index contributed by atoms with van der Waals surface area (Å²) in [6, 6.07) is 0. The Hall–Kier alpha value is -0.320. The highest BCUT2D eigenvalue weighted by Crippen LogP contribution is 2.26. The third-order valence-corrected chi connectivity index (χ3v) is 3.58. The van der Waals surface area contributed by atoms with Gasteiger partial charge in [0.2, 0.25) is 5.12 Å². The molecule has 0 radical (unpaired) electrons. The van der Waals surface area contributed by atoms with Crippen molar-refractivity contribution < 1.29 is 23.4 Å². The van der Waals surface area contributed by atoms with Crippen molar-refractivity contribution in [1.82, 2.24) is 0 Å². The quantitative estimate of drug-likeness (QED) is 0.315. The van der Waals surface area contributed by atoms with Crippen molar-refractivity contribution in [3.63, 3.8) is 0 Å². The molecule has 0 N–H and O–H groups in total. The molecule has 0 spiro atoms. The fraction of sp³-hybridized carbons (Fsp3) is 0.778. The summed E-state index contributed by atoms with van der Waals surface area (Å²) in [7, 11) is -0.710. The summed E-state index contributed by atoms with van der Waals surface area (Å²) in [5.41, 5.74) is -1.16. The molecular weight excluding hydrogens is 251 g/mol. The van der Waals surface area contributed by atoms with E-state index in [-0.39, 0.29) is 11.7 Å². The van der Waals surface area contributed by atoms with Crippen LogP contribution < -0.4 is 0 Å². The first kappa shape index (κ1) is 15.7. The number of rotatable bonds is 6. The van der Waals surface area contributed by atoms with Crippen LogP contribution in [0.3, 0.4) is 0 Å². The fourth-order valence-corrected chi connectivity index (χ4v) is 2.17. The van der Waals surface area contributed by atoms with E-state index in [0.29, 0.717) is 5.75 Å². The molecule has 0 aliphatic heterocycles. The molecule has 0 saturated carbocycles. The van der Waals surface area contributed by atoms with Crippen LogP contribution in [0.5, 0.6) is 0 Å². The minimum Gasteiger partial charge on any atom is -0.468 e. The lowest BCUT2D eigenvalue weighted by Crippen LogP contribution is -2.33. The number of ether oxygens (including phenoxy) is 1. The number of hydrogen-bond acceptors (Lipinski definition) is 6. The van der Waals surface area contributed by atoms with E-state index in [1.165, 1.54) is 27.6 Å². The van der Waals surface area contributed by atoms with Crippen LogP contribution in [-0.2, 0) is 23.4 Å². The second-order valence-electron chi connectivity index (χ2n) is 3.59. The van der Waals surface area contributed by atoms with Gasteiger partial charge in [-0.2, -0.15) is 0 Å². The zero-order valence-electron chi connectivity index (χ0n) is 9.86. The molecule has 0 bridgehead atoms. The van der Waals surface area contributed by atoms with Crippen LogP contribution in [0.25, 0.3) is 0 Å². The lowest BCUT2D eigenvalue weighted by atomic mass is 9.96. The largest absolute Gasteiger partial charge is 0.468 e. The molecule has 1 unspecified atom stereocenters. The van der Waals surface area contributed by atoms with E-state index in [2.05, 4.69) is 4.74 Å². The van der Waals surface area contributed by atoms with Gasteiger partial charge in [-0.1, -0.05) is 11.8 Å². The van der Waals surface area contributed by atoms with E-state index in [9.17, 15) is 14.2 Å². The van der Waals surface area contributed by atoms with E-state index < -0.39 is 19.4 Å². The Kier molecular flexibility index (Phi) is 6.95. The van der Waals surface area contributed by atoms with Crippen molar-refractivity contribution in [3.05, 3.63) is 0 Å². The Balaban J connectivity index is 4.06. The Bertz CT molecular complexity index is 290. The molecule has 0 heterocycles. The second-order valence-corrected chi connectivity index (χ2v) is 5.93. The predicted octanol–water partition coefficient (Wildman–Crippen LogP) is 1.57. The predicted molar refractivity (Wildman–Crippen MR) is 64.1 cm³/mol. The van der Waals surface area contributed by atoms with Gasteiger partial charge in [-0.15, -0.1) is 0 Å². The van der Waals surface area contributed by atoms with Gasteiger partial charge in [0, 0.05) is 12.4 Å². The highest BCUT2D eigenvalue weighted by molar-refractivity contribution is 8.13. The molecule has 1 atom stereocenters. The molecular formula is C9H17O5PS. The van der Waals surface area contributed by atoms with Gasteiger partial charge in [0.25, 0.3) is 0 Å². The second kappa shape index (κ2) is 7.09. The lowest BCUT2D eigenvalue weighted by Gasteiger charge is -2.18. The molecule has 0 fully saturated rings. The summed E-state index contributed by atoms with van der Waals surface area (Å²) in [4.78, 5) is 22.9. The van der Waals surface area contributed by atoms with E-state index in [1.807, 2.05) is 0 Å². The molecule has 7 heteroatoms. The third-order valence-electron chi connectivity index (χ3n) is 1.83. The minimum absolute atomic E-state index is 0.238. The molecule has 0 aromatic carbocycles. The van der Waals surface area contributed by atoms with Crippen LogP contribution in [-0.4, -0.2) is 37.2 Å². The topological polar surface area (TPSA) is 69.7 Å². The Morgan fingerprint density at radius 3 is 2.38 bits per heavy atom. The van der Waals surface area contributed by atoms with Crippen LogP contribution in [0.15, 0.2) is 0 Å². The molecule has 94 valence electrons. The minimum atomic E-state index is -1.95. The van der Waals surface area contributed by atoms with Gasteiger partial charge in [0.15, 0.2) is 8.03 Å². The fourth-order valence-electron chi connectivity index (χ4n) is 0.839. The van der Waals surface area contributed by atoms with Gasteiger partial charge in [0.1, 0.15) is 5.41 Å². The van der Waals surface area contributed by atoms with Crippen LogP contribution >= 0.6 is 19.8 Å². The molecule has 5 nitrogen and oxygen atoms in total. The van der Waals surface area contributed by atoms with E-state index in [4.69, 9.17) is 4.52 Å². The maximum Gasteiger partial charge on any atom is 0.319 e. The first-order chi connectivity index (χ1) is 7.32. The van der Waals surface area contributed by atoms with Crippen LogP contribution in [0.2, 0.25) is 0 Å². The van der Waals surface area contributed by atoms with Crippen molar-refractivity contribution >= 4 is 30.9 Å². The molecule has 0 aliphatic rings. The first-order valence-corrected chi connectivity index (χ1v) is 7.51. The summed E-state index contributed by atoms with van der Waals surface area (Å²) in [5.74, 6) is -0.182.